The van der Waals surface area contributed by atoms with Crippen molar-refractivity contribution >= 4 is 11.9 Å². The first-order valence-electron chi connectivity index (χ1n) is 11.0. The first kappa shape index (κ1) is 23.2. The highest BCUT2D eigenvalue weighted by Gasteiger charge is 2.44. The fourth-order valence-electron chi connectivity index (χ4n) is 4.21. The van der Waals surface area contributed by atoms with Crippen LogP contribution >= 0.6 is 0 Å². The van der Waals surface area contributed by atoms with Gasteiger partial charge in [-0.15, -0.1) is 0 Å². The number of para-hydroxylation sites is 1. The predicted molar refractivity (Wildman–Crippen MR) is 129 cm³/mol. The Kier molecular flexibility index (Phi) is 6.45. The Morgan fingerprint density at radius 2 is 1.53 bits per heavy atom. The normalized spacial score (nSPS) is 14.2. The van der Waals surface area contributed by atoms with E-state index in [9.17, 15) is 9.59 Å². The van der Waals surface area contributed by atoms with E-state index in [-0.39, 0.29) is 18.4 Å². The van der Waals surface area contributed by atoms with Gasteiger partial charge >= 0.3 is 6.03 Å². The van der Waals surface area contributed by atoms with E-state index in [1.165, 1.54) is 0 Å². The van der Waals surface area contributed by atoms with Gasteiger partial charge in [-0.3, -0.25) is 10.1 Å². The predicted octanol–water partition coefficient (Wildman–Crippen LogP) is 4.99. The molecule has 2 N–H and O–H groups in total. The molecule has 1 aliphatic heterocycles. The molecule has 3 aromatic carbocycles. The zero-order valence-electron chi connectivity index (χ0n) is 19.7. The van der Waals surface area contributed by atoms with Gasteiger partial charge in [-0.25, -0.2) is 4.79 Å². The van der Waals surface area contributed by atoms with Gasteiger partial charge in [0.2, 0.25) is 5.91 Å². The average Bonchev–Trinajstić information content (AvgIpc) is 2.85. The van der Waals surface area contributed by atoms with Gasteiger partial charge in [0.15, 0.2) is 0 Å². The van der Waals surface area contributed by atoms with Crippen LogP contribution < -0.4 is 24.8 Å². The summed E-state index contributed by atoms with van der Waals surface area (Å²) in [4.78, 5) is 25.9. The first-order chi connectivity index (χ1) is 16.3. The van der Waals surface area contributed by atoms with Gasteiger partial charge in [0.1, 0.15) is 23.0 Å². The Balaban J connectivity index is 1.53. The molecule has 3 amide bonds. The molecule has 0 saturated carbocycles. The van der Waals surface area contributed by atoms with E-state index in [0.717, 1.165) is 22.4 Å². The van der Waals surface area contributed by atoms with Crippen LogP contribution in [0.3, 0.4) is 0 Å². The molecule has 0 aliphatic carbocycles. The number of rotatable bonds is 6. The number of methoxy groups -OCH3 is 2. The lowest BCUT2D eigenvalue weighted by Crippen LogP contribution is -2.47. The number of amides is 3. The van der Waals surface area contributed by atoms with Gasteiger partial charge < -0.3 is 19.5 Å². The number of benzene rings is 3. The molecule has 0 radical (unpaired) electrons. The van der Waals surface area contributed by atoms with E-state index in [4.69, 9.17) is 14.2 Å². The van der Waals surface area contributed by atoms with Gasteiger partial charge in [0.05, 0.1) is 19.6 Å². The summed E-state index contributed by atoms with van der Waals surface area (Å²) in [5, 5.41) is 5.26. The van der Waals surface area contributed by atoms with Gasteiger partial charge in [-0.05, 0) is 29.8 Å². The van der Waals surface area contributed by atoms with Crippen LogP contribution in [0.1, 0.15) is 36.5 Å². The lowest BCUT2D eigenvalue weighted by atomic mass is 9.69. The van der Waals surface area contributed by atoms with Crippen LogP contribution in [0.15, 0.2) is 66.7 Å². The molecule has 3 aromatic rings. The van der Waals surface area contributed by atoms with Crippen molar-refractivity contribution in [1.29, 1.82) is 0 Å². The summed E-state index contributed by atoms with van der Waals surface area (Å²) in [6.07, 6.45) is 0. The minimum absolute atomic E-state index is 0.284. The van der Waals surface area contributed by atoms with Crippen LogP contribution in [0.2, 0.25) is 0 Å². The number of carbonyl (C=O) groups is 2. The summed E-state index contributed by atoms with van der Waals surface area (Å²) >= 11 is 0. The molecule has 0 aromatic heterocycles. The van der Waals surface area contributed by atoms with Crippen LogP contribution in [0.25, 0.3) is 0 Å². The smallest absolute Gasteiger partial charge is 0.321 e. The molecule has 1 atom stereocenters. The Morgan fingerprint density at radius 3 is 2.24 bits per heavy atom. The number of hydrogen-bond acceptors (Lipinski definition) is 5. The molecule has 1 aliphatic rings. The third-order valence-electron chi connectivity index (χ3n) is 6.13. The van der Waals surface area contributed by atoms with Gasteiger partial charge in [0.25, 0.3) is 0 Å². The van der Waals surface area contributed by atoms with Crippen molar-refractivity contribution in [3.63, 3.8) is 0 Å². The number of nitrogens with one attached hydrogen (secondary N) is 2. The summed E-state index contributed by atoms with van der Waals surface area (Å²) in [7, 11) is 3.19. The highest BCUT2D eigenvalue weighted by Crippen LogP contribution is 2.52. The molecule has 176 valence electrons. The van der Waals surface area contributed by atoms with E-state index in [0.29, 0.717) is 17.2 Å². The van der Waals surface area contributed by atoms with Crippen molar-refractivity contribution in [2.45, 2.75) is 26.3 Å². The monoisotopic (exact) mass is 460 g/mol. The van der Waals surface area contributed by atoms with Crippen molar-refractivity contribution < 1.29 is 23.8 Å². The molecule has 7 nitrogen and oxygen atoms in total. The zero-order chi connectivity index (χ0) is 24.3. The van der Waals surface area contributed by atoms with Crippen molar-refractivity contribution in [2.75, 3.05) is 14.2 Å². The molecular formula is C27H28N2O5. The van der Waals surface area contributed by atoms with Gasteiger partial charge in [0, 0.05) is 29.7 Å². The minimum atomic E-state index is -0.958. The van der Waals surface area contributed by atoms with Crippen molar-refractivity contribution in [3.8, 4) is 23.0 Å². The van der Waals surface area contributed by atoms with Gasteiger partial charge in [-0.2, -0.15) is 0 Å². The highest BCUT2D eigenvalue weighted by atomic mass is 16.5. The maximum absolute atomic E-state index is 13.4. The molecule has 4 rings (SSSR count). The number of fused-ring (bicyclic) bond motifs is 2. The van der Waals surface area contributed by atoms with E-state index < -0.39 is 11.4 Å². The molecule has 7 heteroatoms. The van der Waals surface area contributed by atoms with Crippen LogP contribution in [0, 0.1) is 5.41 Å². The summed E-state index contributed by atoms with van der Waals surface area (Å²) in [6.45, 7) is 3.95. The Labute approximate surface area is 199 Å². The van der Waals surface area contributed by atoms with Crippen LogP contribution in [-0.4, -0.2) is 26.2 Å². The minimum Gasteiger partial charge on any atom is -0.497 e. The fraction of sp³-hybridized carbons (Fsp3) is 0.259. The molecule has 0 fully saturated rings. The Morgan fingerprint density at radius 1 is 0.882 bits per heavy atom. The summed E-state index contributed by atoms with van der Waals surface area (Å²) in [6, 6.07) is 20.0. The fourth-order valence-corrected chi connectivity index (χ4v) is 4.21. The number of hydrogen-bond donors (Lipinski definition) is 2. The maximum Gasteiger partial charge on any atom is 0.321 e. The van der Waals surface area contributed by atoms with Crippen LogP contribution in [-0.2, 0) is 11.3 Å². The van der Waals surface area contributed by atoms with Crippen molar-refractivity contribution in [1.82, 2.24) is 10.6 Å². The molecule has 0 saturated heterocycles. The van der Waals surface area contributed by atoms with Crippen LogP contribution in [0.5, 0.6) is 23.0 Å². The highest BCUT2D eigenvalue weighted by molar-refractivity contribution is 5.98. The maximum atomic E-state index is 13.4. The molecule has 0 spiro atoms. The SMILES string of the molecule is COc1ccc(CNC(=O)NC(=O)C(C)(C)C2c3ccccc3Oc3cc(OC)ccc32)cc1. The van der Waals surface area contributed by atoms with Crippen LogP contribution in [0.4, 0.5) is 4.79 Å². The first-order valence-corrected chi connectivity index (χ1v) is 11.0. The lowest BCUT2D eigenvalue weighted by molar-refractivity contribution is -0.128. The second-order valence-corrected chi connectivity index (χ2v) is 8.68. The van der Waals surface area contributed by atoms with E-state index in [2.05, 4.69) is 10.6 Å². The molecule has 34 heavy (non-hydrogen) atoms. The topological polar surface area (TPSA) is 85.9 Å². The third-order valence-corrected chi connectivity index (χ3v) is 6.13. The van der Waals surface area contributed by atoms with Crippen molar-refractivity contribution in [2.24, 2.45) is 5.41 Å². The molecular weight excluding hydrogens is 432 g/mol. The third kappa shape index (κ3) is 4.55. The number of carbonyl (C=O) groups excluding carboxylic acids is 2. The average molecular weight is 461 g/mol. The largest absolute Gasteiger partial charge is 0.497 e. The van der Waals surface area contributed by atoms with Crippen molar-refractivity contribution in [3.05, 3.63) is 83.4 Å². The number of ether oxygens (including phenoxy) is 3. The van der Waals surface area contributed by atoms with Gasteiger partial charge in [-0.1, -0.05) is 50.2 Å². The number of urea groups is 1. The second kappa shape index (κ2) is 9.47. The summed E-state index contributed by atoms with van der Waals surface area (Å²) in [5.41, 5.74) is 1.68. The quantitative estimate of drug-likeness (QED) is 0.541. The standard InChI is InChI=1S/C27H28N2O5/c1-27(2,25(30)29-26(31)28-16-17-9-11-18(32-3)12-10-17)24-20-7-5-6-8-22(20)34-23-15-19(33-4)13-14-21(23)24/h5-15,24H,16H2,1-4H3,(H2,28,29,30,31). The summed E-state index contributed by atoms with van der Waals surface area (Å²) in [5.74, 6) is 2.00. The second-order valence-electron chi connectivity index (χ2n) is 8.68. The Bertz CT molecular complexity index is 1200. The van der Waals surface area contributed by atoms with E-state index >= 15 is 0 Å². The molecule has 1 unspecified atom stereocenters. The summed E-state index contributed by atoms with van der Waals surface area (Å²) < 4.78 is 16.6. The Hall–Kier alpha value is -4.00. The number of imide groups is 1. The molecule has 0 bridgehead atoms. The van der Waals surface area contributed by atoms with E-state index in [1.807, 2.05) is 80.6 Å². The lowest BCUT2D eigenvalue weighted by Gasteiger charge is -2.38. The molecule has 1 heterocycles. The van der Waals surface area contributed by atoms with E-state index in [1.54, 1.807) is 14.2 Å². The zero-order valence-corrected chi connectivity index (χ0v) is 19.7.